The van der Waals surface area contributed by atoms with Crippen LogP contribution in [0.2, 0.25) is 0 Å². The summed E-state index contributed by atoms with van der Waals surface area (Å²) in [6.07, 6.45) is 0. The maximum Gasteiger partial charge on any atom is 0.191 e. The molecule has 1 aromatic carbocycles. The van der Waals surface area contributed by atoms with Gasteiger partial charge in [0.25, 0.3) is 0 Å². The van der Waals surface area contributed by atoms with Crippen molar-refractivity contribution in [3.63, 3.8) is 0 Å². The van der Waals surface area contributed by atoms with E-state index in [1.54, 1.807) is 14.0 Å². The van der Waals surface area contributed by atoms with Gasteiger partial charge in [0.05, 0.1) is 11.8 Å². The number of aliphatic imine (C=N–C) groups is 1. The van der Waals surface area contributed by atoms with E-state index in [0.717, 1.165) is 13.1 Å². The quantitative estimate of drug-likeness (QED) is 0.485. The lowest BCUT2D eigenvalue weighted by Gasteiger charge is -2.30. The Balaban J connectivity index is 2.68. The highest BCUT2D eigenvalue weighted by molar-refractivity contribution is 7.91. The minimum absolute atomic E-state index is 0.113. The van der Waals surface area contributed by atoms with Gasteiger partial charge >= 0.3 is 0 Å². The van der Waals surface area contributed by atoms with Gasteiger partial charge in [-0.25, -0.2) is 8.42 Å². The maximum atomic E-state index is 11.6. The Hall–Kier alpha value is -1.60. The highest BCUT2D eigenvalue weighted by Crippen LogP contribution is 2.19. The fourth-order valence-electron chi connectivity index (χ4n) is 2.68. The topological polar surface area (TPSA) is 73.8 Å². The van der Waals surface area contributed by atoms with E-state index in [1.165, 1.54) is 5.56 Å². The molecule has 1 atom stereocenters. The van der Waals surface area contributed by atoms with Crippen molar-refractivity contribution in [2.45, 2.75) is 26.8 Å². The predicted molar refractivity (Wildman–Crippen MR) is 106 cm³/mol. The smallest absolute Gasteiger partial charge is 0.191 e. The van der Waals surface area contributed by atoms with Gasteiger partial charge in [-0.2, -0.15) is 0 Å². The van der Waals surface area contributed by atoms with E-state index in [9.17, 15) is 8.42 Å². The van der Waals surface area contributed by atoms with E-state index < -0.39 is 9.84 Å². The Bertz CT molecular complexity index is 613. The second kappa shape index (κ2) is 11.1. The van der Waals surface area contributed by atoms with E-state index >= 15 is 0 Å². The number of benzene rings is 1. The van der Waals surface area contributed by atoms with Gasteiger partial charge in [-0.1, -0.05) is 51.1 Å². The SMILES string of the molecule is CCN(CC)C(CNC(=NC)NCCS(=O)(=O)CC)c1ccccc1. The fraction of sp³-hybridized carbons (Fsp3) is 0.611. The van der Waals surface area contributed by atoms with E-state index in [2.05, 4.69) is 58.6 Å². The fourth-order valence-corrected chi connectivity index (χ4v) is 3.38. The molecule has 0 aromatic heterocycles. The summed E-state index contributed by atoms with van der Waals surface area (Å²) in [7, 11) is -1.28. The lowest BCUT2D eigenvalue weighted by atomic mass is 10.1. The Labute approximate surface area is 152 Å². The van der Waals surface area contributed by atoms with Crippen LogP contribution in [0.25, 0.3) is 0 Å². The van der Waals surface area contributed by atoms with Crippen LogP contribution in [0.15, 0.2) is 35.3 Å². The Kier molecular flexibility index (Phi) is 9.52. The molecule has 0 spiro atoms. The molecule has 0 aliphatic heterocycles. The van der Waals surface area contributed by atoms with Crippen molar-refractivity contribution >= 4 is 15.8 Å². The molecule has 0 amide bonds. The second-order valence-corrected chi connectivity index (χ2v) is 8.24. The number of likely N-dealkylation sites (N-methyl/N-ethyl adjacent to an activating group) is 1. The van der Waals surface area contributed by atoms with Crippen molar-refractivity contribution in [3.05, 3.63) is 35.9 Å². The highest BCUT2D eigenvalue weighted by atomic mass is 32.2. The van der Waals surface area contributed by atoms with Gasteiger partial charge in [-0.3, -0.25) is 9.89 Å². The molecule has 0 aliphatic carbocycles. The largest absolute Gasteiger partial charge is 0.355 e. The third-order valence-electron chi connectivity index (χ3n) is 4.27. The first-order chi connectivity index (χ1) is 12.0. The number of nitrogens with zero attached hydrogens (tertiary/aromatic N) is 2. The Morgan fingerprint density at radius 2 is 1.76 bits per heavy atom. The zero-order valence-electron chi connectivity index (χ0n) is 15.8. The van der Waals surface area contributed by atoms with Gasteiger partial charge in [0, 0.05) is 25.9 Å². The standard InChI is InChI=1S/C18H32N4O2S/c1-5-22(6-2)17(16-11-9-8-10-12-16)15-21-18(19-4)20-13-14-25(23,24)7-3/h8-12,17H,5-7,13-15H2,1-4H3,(H2,19,20,21). The number of rotatable bonds is 10. The number of sulfone groups is 1. The van der Waals surface area contributed by atoms with E-state index in [0.29, 0.717) is 19.0 Å². The molecule has 1 unspecified atom stereocenters. The van der Waals surface area contributed by atoms with Crippen molar-refractivity contribution in [1.82, 2.24) is 15.5 Å². The second-order valence-electron chi connectivity index (χ2n) is 5.76. The zero-order chi connectivity index (χ0) is 18.7. The van der Waals surface area contributed by atoms with Crippen molar-refractivity contribution in [2.24, 2.45) is 4.99 Å². The van der Waals surface area contributed by atoms with Crippen LogP contribution in [0.5, 0.6) is 0 Å². The van der Waals surface area contributed by atoms with Gasteiger partial charge in [0.2, 0.25) is 0 Å². The zero-order valence-corrected chi connectivity index (χ0v) is 16.6. The molecule has 0 fully saturated rings. The first-order valence-electron chi connectivity index (χ1n) is 8.91. The molecule has 0 saturated carbocycles. The monoisotopic (exact) mass is 368 g/mol. The molecule has 0 heterocycles. The van der Waals surface area contributed by atoms with Gasteiger partial charge in [-0.05, 0) is 18.7 Å². The van der Waals surface area contributed by atoms with Crippen LogP contribution in [-0.4, -0.2) is 64.0 Å². The summed E-state index contributed by atoms with van der Waals surface area (Å²) >= 11 is 0. The summed E-state index contributed by atoms with van der Waals surface area (Å²) < 4.78 is 23.2. The summed E-state index contributed by atoms with van der Waals surface area (Å²) in [5, 5.41) is 6.41. The molecule has 142 valence electrons. The molecule has 0 radical (unpaired) electrons. The number of nitrogens with one attached hydrogen (secondary N) is 2. The summed E-state index contributed by atoms with van der Waals surface area (Å²) in [4.78, 5) is 6.58. The first kappa shape index (κ1) is 21.4. The first-order valence-corrected chi connectivity index (χ1v) is 10.7. The predicted octanol–water partition coefficient (Wildman–Crippen LogP) is 1.67. The van der Waals surface area contributed by atoms with Gasteiger partial charge in [-0.15, -0.1) is 0 Å². The normalized spacial score (nSPS) is 13.7. The third kappa shape index (κ3) is 7.44. The number of guanidine groups is 1. The van der Waals surface area contributed by atoms with E-state index in [1.807, 2.05) is 6.07 Å². The van der Waals surface area contributed by atoms with Gasteiger partial charge in [0.1, 0.15) is 0 Å². The summed E-state index contributed by atoms with van der Waals surface area (Å²) in [6.45, 7) is 8.95. The minimum atomic E-state index is -2.97. The van der Waals surface area contributed by atoms with Crippen LogP contribution in [0.3, 0.4) is 0 Å². The molecule has 0 bridgehead atoms. The van der Waals surface area contributed by atoms with E-state index in [4.69, 9.17) is 0 Å². The average molecular weight is 369 g/mol. The molecular weight excluding hydrogens is 336 g/mol. The number of hydrogen-bond acceptors (Lipinski definition) is 4. The van der Waals surface area contributed by atoms with Crippen molar-refractivity contribution in [3.8, 4) is 0 Å². The molecule has 0 aliphatic rings. The molecule has 1 rings (SSSR count). The molecule has 7 heteroatoms. The van der Waals surface area contributed by atoms with Crippen molar-refractivity contribution < 1.29 is 8.42 Å². The van der Waals surface area contributed by atoms with Crippen LogP contribution in [-0.2, 0) is 9.84 Å². The maximum absolute atomic E-state index is 11.6. The lowest BCUT2D eigenvalue weighted by molar-refractivity contribution is 0.219. The van der Waals surface area contributed by atoms with Crippen LogP contribution in [0, 0.1) is 0 Å². The van der Waals surface area contributed by atoms with Gasteiger partial charge in [0.15, 0.2) is 15.8 Å². The van der Waals surface area contributed by atoms with Crippen LogP contribution in [0.4, 0.5) is 0 Å². The highest BCUT2D eigenvalue weighted by Gasteiger charge is 2.18. The minimum Gasteiger partial charge on any atom is -0.355 e. The molecule has 1 aromatic rings. The van der Waals surface area contributed by atoms with Gasteiger partial charge < -0.3 is 10.6 Å². The molecule has 6 nitrogen and oxygen atoms in total. The Morgan fingerprint density at radius 3 is 2.28 bits per heavy atom. The molecule has 2 N–H and O–H groups in total. The summed E-state index contributed by atoms with van der Waals surface area (Å²) in [6, 6.07) is 10.6. The van der Waals surface area contributed by atoms with Crippen molar-refractivity contribution in [1.29, 1.82) is 0 Å². The van der Waals surface area contributed by atoms with Crippen LogP contribution < -0.4 is 10.6 Å². The molecule has 0 saturated heterocycles. The Morgan fingerprint density at radius 1 is 1.12 bits per heavy atom. The lowest BCUT2D eigenvalue weighted by Crippen LogP contribution is -2.44. The molecular formula is C18H32N4O2S. The van der Waals surface area contributed by atoms with Crippen molar-refractivity contribution in [2.75, 3.05) is 44.7 Å². The van der Waals surface area contributed by atoms with Crippen LogP contribution >= 0.6 is 0 Å². The summed E-state index contributed by atoms with van der Waals surface area (Å²) in [5.74, 6) is 0.903. The third-order valence-corrected chi connectivity index (χ3v) is 5.98. The average Bonchev–Trinajstić information content (AvgIpc) is 2.64. The summed E-state index contributed by atoms with van der Waals surface area (Å²) in [5.41, 5.74) is 1.25. The number of hydrogen-bond donors (Lipinski definition) is 2. The molecule has 25 heavy (non-hydrogen) atoms. The van der Waals surface area contributed by atoms with Crippen LogP contribution in [0.1, 0.15) is 32.4 Å². The van der Waals surface area contributed by atoms with E-state index in [-0.39, 0.29) is 17.5 Å².